The van der Waals surface area contributed by atoms with Crippen molar-refractivity contribution in [2.45, 2.75) is 57.6 Å². The Morgan fingerprint density at radius 3 is 2.59 bits per heavy atom. The number of hydrogen-bond acceptors (Lipinski definition) is 3. The minimum Gasteiger partial charge on any atom is -0.490 e. The van der Waals surface area contributed by atoms with Crippen LogP contribution in [0.1, 0.15) is 50.5 Å². The normalized spacial score (nSPS) is 23.4. The molecule has 6 heteroatoms. The molecule has 1 N–H and O–H groups in total. The van der Waals surface area contributed by atoms with Gasteiger partial charge < -0.3 is 19.9 Å². The van der Waals surface area contributed by atoms with Crippen molar-refractivity contribution in [2.24, 2.45) is 10.9 Å². The van der Waals surface area contributed by atoms with Crippen molar-refractivity contribution in [3.8, 4) is 5.75 Å². The van der Waals surface area contributed by atoms with E-state index in [-0.39, 0.29) is 24.0 Å². The SMILES string of the molecule is CN=C(NCc1ccccc1OC1CCC1)N1CCC(CN2CCCCC2)C1.I. The molecule has 4 rings (SSSR count). The zero-order valence-electron chi connectivity index (χ0n) is 17.8. The van der Waals surface area contributed by atoms with E-state index in [1.54, 1.807) is 0 Å². The second-order valence-electron chi connectivity index (χ2n) is 8.64. The summed E-state index contributed by atoms with van der Waals surface area (Å²) < 4.78 is 6.18. The van der Waals surface area contributed by atoms with Gasteiger partial charge in [0, 0.05) is 38.8 Å². The van der Waals surface area contributed by atoms with Gasteiger partial charge >= 0.3 is 0 Å². The van der Waals surface area contributed by atoms with Crippen LogP contribution in [0, 0.1) is 5.92 Å². The minimum absolute atomic E-state index is 0. The Kier molecular flexibility index (Phi) is 8.90. The number of aliphatic imine (C=N–C) groups is 1. The van der Waals surface area contributed by atoms with Crippen LogP contribution in [0.25, 0.3) is 0 Å². The Balaban J connectivity index is 0.00000240. The summed E-state index contributed by atoms with van der Waals surface area (Å²) in [6.07, 6.45) is 9.53. The maximum atomic E-state index is 6.18. The second-order valence-corrected chi connectivity index (χ2v) is 8.64. The molecule has 2 aliphatic heterocycles. The molecule has 0 aromatic heterocycles. The van der Waals surface area contributed by atoms with E-state index in [0.717, 1.165) is 37.3 Å². The highest BCUT2D eigenvalue weighted by Crippen LogP contribution is 2.27. The Bertz CT molecular complexity index is 658. The van der Waals surface area contributed by atoms with Gasteiger partial charge in [-0.25, -0.2) is 0 Å². The molecule has 5 nitrogen and oxygen atoms in total. The third-order valence-corrected chi connectivity index (χ3v) is 6.52. The number of nitrogens with zero attached hydrogens (tertiary/aromatic N) is 3. The van der Waals surface area contributed by atoms with Crippen molar-refractivity contribution in [3.05, 3.63) is 29.8 Å². The summed E-state index contributed by atoms with van der Waals surface area (Å²) in [6.45, 7) is 6.84. The van der Waals surface area contributed by atoms with E-state index >= 15 is 0 Å². The first-order valence-electron chi connectivity index (χ1n) is 11.2. The van der Waals surface area contributed by atoms with E-state index < -0.39 is 0 Å². The number of hydrogen-bond donors (Lipinski definition) is 1. The molecule has 3 aliphatic rings. The first-order chi connectivity index (χ1) is 13.8. The van der Waals surface area contributed by atoms with Crippen LogP contribution in [0.3, 0.4) is 0 Å². The Labute approximate surface area is 193 Å². The number of rotatable bonds is 6. The standard InChI is InChI=1S/C23H36N4O.HI/c1-24-23(27-15-12-19(18-27)17-26-13-5-2-6-14-26)25-16-20-8-3-4-11-22(20)28-21-9-7-10-21;/h3-4,8,11,19,21H,2,5-7,9-10,12-18H2,1H3,(H,24,25);1H. The van der Waals surface area contributed by atoms with Crippen LogP contribution < -0.4 is 10.1 Å². The highest BCUT2D eigenvalue weighted by molar-refractivity contribution is 14.0. The predicted octanol–water partition coefficient (Wildman–Crippen LogP) is 4.12. The summed E-state index contributed by atoms with van der Waals surface area (Å²) >= 11 is 0. The highest BCUT2D eigenvalue weighted by Gasteiger charge is 2.27. The average molecular weight is 512 g/mol. The molecular formula is C23H37IN4O. The number of benzene rings is 1. The maximum absolute atomic E-state index is 6.18. The molecule has 3 fully saturated rings. The monoisotopic (exact) mass is 512 g/mol. The molecule has 162 valence electrons. The molecule has 29 heavy (non-hydrogen) atoms. The first kappa shape index (κ1) is 22.7. The lowest BCUT2D eigenvalue weighted by Crippen LogP contribution is -2.41. The van der Waals surface area contributed by atoms with E-state index in [0.29, 0.717) is 6.10 Å². The number of likely N-dealkylation sites (tertiary alicyclic amines) is 2. The van der Waals surface area contributed by atoms with E-state index in [9.17, 15) is 0 Å². The molecule has 1 aromatic carbocycles. The predicted molar refractivity (Wildman–Crippen MR) is 130 cm³/mol. The zero-order chi connectivity index (χ0) is 19.2. The molecule has 0 bridgehead atoms. The molecule has 1 atom stereocenters. The van der Waals surface area contributed by atoms with Crippen LogP contribution in [0.15, 0.2) is 29.3 Å². The maximum Gasteiger partial charge on any atom is 0.193 e. The largest absolute Gasteiger partial charge is 0.490 e. The average Bonchev–Trinajstić information content (AvgIpc) is 3.15. The van der Waals surface area contributed by atoms with Crippen molar-refractivity contribution in [1.82, 2.24) is 15.1 Å². The van der Waals surface area contributed by atoms with Crippen LogP contribution in [-0.2, 0) is 6.54 Å². The van der Waals surface area contributed by atoms with Gasteiger partial charge in [-0.15, -0.1) is 24.0 Å². The summed E-state index contributed by atoms with van der Waals surface area (Å²) in [5.41, 5.74) is 1.22. The number of ether oxygens (including phenoxy) is 1. The number of halogens is 1. The third-order valence-electron chi connectivity index (χ3n) is 6.52. The van der Waals surface area contributed by atoms with Crippen LogP contribution in [0.5, 0.6) is 5.75 Å². The van der Waals surface area contributed by atoms with E-state index in [2.05, 4.69) is 44.4 Å². The number of piperidine rings is 1. The van der Waals surface area contributed by atoms with Gasteiger partial charge in [-0.1, -0.05) is 24.6 Å². The number of nitrogens with one attached hydrogen (secondary N) is 1. The Hall–Kier alpha value is -1.02. The Morgan fingerprint density at radius 2 is 1.86 bits per heavy atom. The minimum atomic E-state index is 0. The molecule has 0 amide bonds. The molecule has 1 unspecified atom stereocenters. The van der Waals surface area contributed by atoms with E-state index in [1.807, 2.05) is 7.05 Å². The lowest BCUT2D eigenvalue weighted by Gasteiger charge is -2.29. The van der Waals surface area contributed by atoms with Crippen LogP contribution in [0.4, 0.5) is 0 Å². The van der Waals surface area contributed by atoms with Gasteiger partial charge in [0.2, 0.25) is 0 Å². The van der Waals surface area contributed by atoms with Crippen LogP contribution in [0.2, 0.25) is 0 Å². The summed E-state index contributed by atoms with van der Waals surface area (Å²) in [4.78, 5) is 9.66. The topological polar surface area (TPSA) is 40.1 Å². The fourth-order valence-electron chi connectivity index (χ4n) is 4.62. The van der Waals surface area contributed by atoms with Crippen molar-refractivity contribution >= 4 is 29.9 Å². The molecule has 2 heterocycles. The van der Waals surface area contributed by atoms with Crippen LogP contribution in [-0.4, -0.2) is 61.6 Å². The van der Waals surface area contributed by atoms with E-state index in [1.165, 1.54) is 70.1 Å². The van der Waals surface area contributed by atoms with Crippen molar-refractivity contribution in [3.63, 3.8) is 0 Å². The summed E-state index contributed by atoms with van der Waals surface area (Å²) in [7, 11) is 1.90. The summed E-state index contributed by atoms with van der Waals surface area (Å²) in [5.74, 6) is 2.82. The smallest absolute Gasteiger partial charge is 0.193 e. The van der Waals surface area contributed by atoms with Gasteiger partial charge in [-0.3, -0.25) is 4.99 Å². The van der Waals surface area contributed by atoms with Gasteiger partial charge in [0.1, 0.15) is 5.75 Å². The second kappa shape index (κ2) is 11.4. The molecule has 1 aliphatic carbocycles. The zero-order valence-corrected chi connectivity index (χ0v) is 20.1. The summed E-state index contributed by atoms with van der Waals surface area (Å²) in [5, 5.41) is 3.58. The fraction of sp³-hybridized carbons (Fsp3) is 0.696. The van der Waals surface area contributed by atoms with Gasteiger partial charge in [0.25, 0.3) is 0 Å². The molecule has 1 aromatic rings. The van der Waals surface area contributed by atoms with Crippen molar-refractivity contribution in [1.29, 1.82) is 0 Å². The lowest BCUT2D eigenvalue weighted by molar-refractivity contribution is 0.119. The molecular weight excluding hydrogens is 475 g/mol. The fourth-order valence-corrected chi connectivity index (χ4v) is 4.62. The van der Waals surface area contributed by atoms with Gasteiger partial charge in [-0.2, -0.15) is 0 Å². The first-order valence-corrected chi connectivity index (χ1v) is 11.2. The van der Waals surface area contributed by atoms with E-state index in [4.69, 9.17) is 4.74 Å². The molecule has 0 radical (unpaired) electrons. The quantitative estimate of drug-likeness (QED) is 0.354. The lowest BCUT2D eigenvalue weighted by atomic mass is 9.96. The highest BCUT2D eigenvalue weighted by atomic mass is 127. The van der Waals surface area contributed by atoms with Gasteiger partial charge in [-0.05, 0) is 63.6 Å². The number of guanidine groups is 1. The molecule has 1 saturated carbocycles. The Morgan fingerprint density at radius 1 is 1.07 bits per heavy atom. The van der Waals surface area contributed by atoms with Gasteiger partial charge in [0.15, 0.2) is 5.96 Å². The van der Waals surface area contributed by atoms with Crippen molar-refractivity contribution < 1.29 is 4.74 Å². The van der Waals surface area contributed by atoms with Gasteiger partial charge in [0.05, 0.1) is 6.10 Å². The summed E-state index contributed by atoms with van der Waals surface area (Å²) in [6, 6.07) is 8.43. The molecule has 0 spiro atoms. The molecule has 2 saturated heterocycles. The van der Waals surface area contributed by atoms with Crippen LogP contribution >= 0.6 is 24.0 Å². The number of para-hydroxylation sites is 1. The third kappa shape index (κ3) is 6.23. The van der Waals surface area contributed by atoms with Crippen molar-refractivity contribution in [2.75, 3.05) is 39.8 Å².